The lowest BCUT2D eigenvalue weighted by atomic mass is 10.2. The molecule has 1 heterocycles. The number of alkyl halides is 1. The molecule has 7 nitrogen and oxygen atoms in total. The number of benzene rings is 1. The van der Waals surface area contributed by atoms with E-state index in [1.54, 1.807) is 24.3 Å². The topological polar surface area (TPSA) is 105 Å². The number of nitrogens with one attached hydrogen (secondary N) is 1. The van der Waals surface area contributed by atoms with Crippen LogP contribution in [-0.2, 0) is 9.84 Å². The average Bonchev–Trinajstić information content (AvgIpc) is 2.95. The van der Waals surface area contributed by atoms with Crippen LogP contribution in [0.3, 0.4) is 0 Å². The minimum atomic E-state index is -3.51. The molecule has 0 aliphatic carbocycles. The van der Waals surface area contributed by atoms with E-state index in [4.69, 9.17) is 16.0 Å². The number of aliphatic hydroxyl groups is 1. The van der Waals surface area contributed by atoms with Crippen molar-refractivity contribution < 1.29 is 17.9 Å². The molecule has 0 aliphatic heterocycles. The number of sulfone groups is 1. The summed E-state index contributed by atoms with van der Waals surface area (Å²) in [5.41, 5.74) is 1.38. The highest BCUT2D eigenvalue weighted by atomic mass is 35.5. The number of rotatable bonds is 6. The lowest BCUT2D eigenvalue weighted by molar-refractivity contribution is 0.211. The van der Waals surface area contributed by atoms with Crippen LogP contribution in [0, 0.1) is 0 Å². The molecule has 0 saturated carbocycles. The Hall–Kier alpha value is -1.64. The van der Waals surface area contributed by atoms with Gasteiger partial charge >= 0.3 is 5.22 Å². The molecule has 1 atom stereocenters. The summed E-state index contributed by atoms with van der Waals surface area (Å²) in [5, 5.41) is 19.1. The summed E-state index contributed by atoms with van der Waals surface area (Å²) in [7, 11) is -3.51. The van der Waals surface area contributed by atoms with Gasteiger partial charge < -0.3 is 14.8 Å². The van der Waals surface area contributed by atoms with Gasteiger partial charge in [0.15, 0.2) is 0 Å². The molecular weight excluding hydrogens is 318 g/mol. The van der Waals surface area contributed by atoms with Crippen LogP contribution in [0.4, 0.5) is 5.69 Å². The number of aromatic nitrogens is 2. The van der Waals surface area contributed by atoms with E-state index in [2.05, 4.69) is 15.5 Å². The van der Waals surface area contributed by atoms with Crippen LogP contribution in [0.1, 0.15) is 0 Å². The third-order valence-corrected chi connectivity index (χ3v) is 3.73. The third-order valence-electron chi connectivity index (χ3n) is 2.58. The Labute approximate surface area is 126 Å². The van der Waals surface area contributed by atoms with Crippen molar-refractivity contribution in [2.75, 3.05) is 24.0 Å². The first-order chi connectivity index (χ1) is 9.90. The Bertz CT molecular complexity index is 700. The molecule has 21 heavy (non-hydrogen) atoms. The zero-order chi connectivity index (χ0) is 15.5. The fourth-order valence-corrected chi connectivity index (χ4v) is 2.03. The van der Waals surface area contributed by atoms with E-state index >= 15 is 0 Å². The zero-order valence-corrected chi connectivity index (χ0v) is 12.7. The molecule has 1 aromatic carbocycles. The largest absolute Gasteiger partial charge is 0.408 e. The van der Waals surface area contributed by atoms with E-state index in [-0.39, 0.29) is 11.8 Å². The van der Waals surface area contributed by atoms with Crippen molar-refractivity contribution in [3.63, 3.8) is 0 Å². The van der Waals surface area contributed by atoms with Gasteiger partial charge in [0, 0.05) is 24.1 Å². The number of aliphatic hydroxyl groups excluding tert-OH is 1. The fourth-order valence-electron chi connectivity index (χ4n) is 1.50. The molecule has 0 fully saturated rings. The number of hydrogen-bond acceptors (Lipinski definition) is 7. The standard InChI is InChI=1S/C12H14ClN3O4S/c1-21(18,19)12-16-15-11(20-12)8-2-4-9(5-3-8)14-7-10(17)6-13/h2-5,10,14,17H,6-7H2,1H3. The van der Waals surface area contributed by atoms with Crippen LogP contribution in [0.5, 0.6) is 0 Å². The normalized spacial score (nSPS) is 13.1. The fraction of sp³-hybridized carbons (Fsp3) is 0.333. The molecule has 1 aromatic heterocycles. The van der Waals surface area contributed by atoms with E-state index in [1.807, 2.05) is 0 Å². The van der Waals surface area contributed by atoms with Crippen LogP contribution in [0.15, 0.2) is 33.9 Å². The minimum Gasteiger partial charge on any atom is -0.408 e. The Kier molecular flexibility index (Phi) is 4.81. The Balaban J connectivity index is 2.10. The second kappa shape index (κ2) is 6.42. The van der Waals surface area contributed by atoms with Crippen molar-refractivity contribution in [3.8, 4) is 11.5 Å². The molecule has 2 N–H and O–H groups in total. The summed E-state index contributed by atoms with van der Waals surface area (Å²) in [6.45, 7) is 0.335. The number of hydrogen-bond donors (Lipinski definition) is 2. The average molecular weight is 332 g/mol. The molecule has 0 radical (unpaired) electrons. The summed E-state index contributed by atoms with van der Waals surface area (Å²) in [6.07, 6.45) is 0.374. The predicted molar refractivity (Wildman–Crippen MR) is 78.1 cm³/mol. The van der Waals surface area contributed by atoms with Crippen LogP contribution < -0.4 is 5.32 Å². The van der Waals surface area contributed by atoms with Crippen LogP contribution in [0.25, 0.3) is 11.5 Å². The molecular formula is C12H14ClN3O4S. The second-order valence-electron chi connectivity index (χ2n) is 4.41. The van der Waals surface area contributed by atoms with E-state index in [9.17, 15) is 13.5 Å². The van der Waals surface area contributed by atoms with Gasteiger partial charge in [0.1, 0.15) is 0 Å². The zero-order valence-electron chi connectivity index (χ0n) is 11.2. The van der Waals surface area contributed by atoms with E-state index < -0.39 is 21.2 Å². The number of halogens is 1. The van der Waals surface area contributed by atoms with E-state index in [0.29, 0.717) is 12.1 Å². The van der Waals surface area contributed by atoms with Crippen LogP contribution in [-0.4, -0.2) is 48.5 Å². The maximum Gasteiger partial charge on any atom is 0.335 e. The quantitative estimate of drug-likeness (QED) is 0.765. The molecule has 1 unspecified atom stereocenters. The van der Waals surface area contributed by atoms with Crippen molar-refractivity contribution >= 4 is 27.1 Å². The van der Waals surface area contributed by atoms with Gasteiger partial charge in [0.25, 0.3) is 0 Å². The van der Waals surface area contributed by atoms with Gasteiger partial charge in [0.2, 0.25) is 15.7 Å². The van der Waals surface area contributed by atoms with Gasteiger partial charge in [-0.25, -0.2) is 8.42 Å². The third kappa shape index (κ3) is 4.16. The monoisotopic (exact) mass is 331 g/mol. The SMILES string of the molecule is CS(=O)(=O)c1nnc(-c2ccc(NCC(O)CCl)cc2)o1. The minimum absolute atomic E-state index is 0.128. The summed E-state index contributed by atoms with van der Waals surface area (Å²) < 4.78 is 27.6. The van der Waals surface area contributed by atoms with Gasteiger partial charge in [-0.3, -0.25) is 0 Å². The Morgan fingerprint density at radius 2 is 2.00 bits per heavy atom. The first-order valence-corrected chi connectivity index (χ1v) is 8.44. The summed E-state index contributed by atoms with van der Waals surface area (Å²) >= 11 is 5.50. The van der Waals surface area contributed by atoms with Crippen molar-refractivity contribution in [1.29, 1.82) is 0 Å². The molecule has 2 aromatic rings. The molecule has 0 spiro atoms. The highest BCUT2D eigenvalue weighted by molar-refractivity contribution is 7.90. The van der Waals surface area contributed by atoms with Gasteiger partial charge in [0.05, 0.1) is 12.0 Å². The summed E-state index contributed by atoms with van der Waals surface area (Å²) in [4.78, 5) is 0. The molecule has 0 saturated heterocycles. The number of nitrogens with zero attached hydrogens (tertiary/aromatic N) is 2. The highest BCUT2D eigenvalue weighted by Gasteiger charge is 2.17. The van der Waals surface area contributed by atoms with Gasteiger partial charge in [-0.15, -0.1) is 16.7 Å². The van der Waals surface area contributed by atoms with Gasteiger partial charge in [-0.05, 0) is 24.3 Å². The first kappa shape index (κ1) is 15.7. The highest BCUT2D eigenvalue weighted by Crippen LogP contribution is 2.21. The Morgan fingerprint density at radius 3 is 2.52 bits per heavy atom. The predicted octanol–water partition coefficient (Wildman–Crippen LogP) is 1.15. The summed E-state index contributed by atoms with van der Waals surface area (Å²) in [5.74, 6) is 0.282. The van der Waals surface area contributed by atoms with Crippen molar-refractivity contribution in [2.24, 2.45) is 0 Å². The molecule has 9 heteroatoms. The molecule has 2 rings (SSSR count). The molecule has 0 bridgehead atoms. The van der Waals surface area contributed by atoms with Crippen LogP contribution in [0.2, 0.25) is 0 Å². The lowest BCUT2D eigenvalue weighted by Gasteiger charge is -2.09. The molecule has 0 amide bonds. The van der Waals surface area contributed by atoms with Crippen molar-refractivity contribution in [3.05, 3.63) is 24.3 Å². The van der Waals surface area contributed by atoms with Crippen molar-refractivity contribution in [2.45, 2.75) is 11.3 Å². The first-order valence-electron chi connectivity index (χ1n) is 6.02. The Morgan fingerprint density at radius 1 is 1.33 bits per heavy atom. The lowest BCUT2D eigenvalue weighted by Crippen LogP contribution is -2.20. The maximum absolute atomic E-state index is 11.3. The van der Waals surface area contributed by atoms with Gasteiger partial charge in [-0.1, -0.05) is 5.10 Å². The second-order valence-corrected chi connectivity index (χ2v) is 6.61. The number of anilines is 1. The summed E-state index contributed by atoms with van der Waals surface area (Å²) in [6, 6.07) is 6.91. The van der Waals surface area contributed by atoms with Crippen LogP contribution >= 0.6 is 11.6 Å². The maximum atomic E-state index is 11.3. The van der Waals surface area contributed by atoms with Crippen molar-refractivity contribution in [1.82, 2.24) is 10.2 Å². The smallest absolute Gasteiger partial charge is 0.335 e. The van der Waals surface area contributed by atoms with E-state index in [0.717, 1.165) is 11.9 Å². The molecule has 0 aliphatic rings. The van der Waals surface area contributed by atoms with Gasteiger partial charge in [-0.2, -0.15) is 0 Å². The van der Waals surface area contributed by atoms with E-state index in [1.165, 1.54) is 0 Å². The molecule has 114 valence electrons.